The molecule has 0 radical (unpaired) electrons. The van der Waals surface area contributed by atoms with Crippen LogP contribution in [0.2, 0.25) is 0 Å². The van der Waals surface area contributed by atoms with E-state index in [2.05, 4.69) is 33.0 Å². The van der Waals surface area contributed by atoms with E-state index in [0.717, 1.165) is 24.3 Å². The zero-order valence-electron chi connectivity index (χ0n) is 15.9. The number of hydrogen-bond acceptors (Lipinski definition) is 5. The molecule has 2 N–H and O–H groups in total. The van der Waals surface area contributed by atoms with Crippen molar-refractivity contribution in [2.24, 2.45) is 0 Å². The maximum absolute atomic E-state index is 11.6. The first-order valence-electron chi connectivity index (χ1n) is 9.11. The molecule has 138 valence electrons. The highest BCUT2D eigenvalue weighted by molar-refractivity contribution is 5.71. The van der Waals surface area contributed by atoms with Crippen molar-refractivity contribution in [3.63, 3.8) is 0 Å². The van der Waals surface area contributed by atoms with Crippen molar-refractivity contribution < 1.29 is 19.4 Å². The second kappa shape index (κ2) is 6.52. The Kier molecular flexibility index (Phi) is 4.71. The molecule has 2 atom stereocenters. The summed E-state index contributed by atoms with van der Waals surface area (Å²) in [6.07, 6.45) is 2.18. The number of cyclic esters (lactones) is 1. The molecule has 0 amide bonds. The molecule has 1 aromatic carbocycles. The molecule has 0 aliphatic carbocycles. The molecule has 1 fully saturated rings. The Hall–Kier alpha value is -1.75. The zero-order valence-corrected chi connectivity index (χ0v) is 15.9. The van der Waals surface area contributed by atoms with Crippen molar-refractivity contribution >= 4 is 11.7 Å². The molecular formula is C20H29NO4. The van der Waals surface area contributed by atoms with Crippen LogP contribution in [0.15, 0.2) is 0 Å². The van der Waals surface area contributed by atoms with Gasteiger partial charge in [0.25, 0.3) is 0 Å². The van der Waals surface area contributed by atoms with Crippen LogP contribution < -0.4 is 10.1 Å². The summed E-state index contributed by atoms with van der Waals surface area (Å²) < 4.78 is 11.7. The van der Waals surface area contributed by atoms with Gasteiger partial charge in [-0.3, -0.25) is 4.79 Å². The number of benzene rings is 1. The highest BCUT2D eigenvalue weighted by atomic mass is 16.5. The van der Waals surface area contributed by atoms with Gasteiger partial charge in [-0.05, 0) is 57.2 Å². The number of anilines is 1. The van der Waals surface area contributed by atoms with Gasteiger partial charge in [-0.2, -0.15) is 0 Å². The maximum atomic E-state index is 11.6. The van der Waals surface area contributed by atoms with Gasteiger partial charge in [0.1, 0.15) is 17.5 Å². The van der Waals surface area contributed by atoms with Crippen LogP contribution in [0.1, 0.15) is 55.4 Å². The number of carbonyl (C=O) groups excluding carboxylic acids is 1. The maximum Gasteiger partial charge on any atom is 0.308 e. The minimum absolute atomic E-state index is 0.108. The van der Waals surface area contributed by atoms with Gasteiger partial charge in [0, 0.05) is 31.1 Å². The molecule has 25 heavy (non-hydrogen) atoms. The number of esters is 1. The largest absolute Gasteiger partial charge is 0.487 e. The van der Waals surface area contributed by atoms with Crippen molar-refractivity contribution in [3.05, 3.63) is 22.3 Å². The third-order valence-corrected chi connectivity index (χ3v) is 5.39. The summed E-state index contributed by atoms with van der Waals surface area (Å²) in [5.41, 5.74) is 5.87. The molecule has 1 saturated heterocycles. The summed E-state index contributed by atoms with van der Waals surface area (Å²) >= 11 is 0. The van der Waals surface area contributed by atoms with Crippen LogP contribution in [0.5, 0.6) is 5.75 Å². The van der Waals surface area contributed by atoms with E-state index in [-0.39, 0.29) is 24.1 Å². The number of aliphatic hydroxyl groups is 1. The summed E-state index contributed by atoms with van der Waals surface area (Å²) in [6.45, 7) is 8.49. The summed E-state index contributed by atoms with van der Waals surface area (Å²) in [5, 5.41) is 13.1. The molecule has 2 aliphatic rings. The van der Waals surface area contributed by atoms with Crippen molar-refractivity contribution in [1.82, 2.24) is 0 Å². The second-order valence-electron chi connectivity index (χ2n) is 7.94. The number of hydrogen-bond donors (Lipinski definition) is 2. The lowest BCUT2D eigenvalue weighted by molar-refractivity contribution is -0.160. The van der Waals surface area contributed by atoms with Crippen LogP contribution in [0.4, 0.5) is 5.69 Å². The molecule has 0 spiro atoms. The quantitative estimate of drug-likeness (QED) is 0.820. The summed E-state index contributed by atoms with van der Waals surface area (Å²) in [4.78, 5) is 11.6. The molecule has 3 rings (SSSR count). The number of fused-ring (bicyclic) bond motifs is 1. The summed E-state index contributed by atoms with van der Waals surface area (Å²) in [6, 6.07) is 0. The Balaban J connectivity index is 1.89. The lowest BCUT2D eigenvalue weighted by Crippen LogP contribution is -2.32. The Morgan fingerprint density at radius 3 is 2.64 bits per heavy atom. The molecule has 5 nitrogen and oxygen atoms in total. The van der Waals surface area contributed by atoms with Gasteiger partial charge in [0.05, 0.1) is 12.5 Å². The summed E-state index contributed by atoms with van der Waals surface area (Å²) in [5.74, 6) is 0.699. The van der Waals surface area contributed by atoms with E-state index in [0.29, 0.717) is 12.8 Å². The van der Waals surface area contributed by atoms with Gasteiger partial charge in [-0.1, -0.05) is 0 Å². The lowest BCUT2D eigenvalue weighted by Gasteiger charge is -2.27. The molecule has 2 heterocycles. The third kappa shape index (κ3) is 3.47. The van der Waals surface area contributed by atoms with E-state index < -0.39 is 6.10 Å². The number of nitrogens with one attached hydrogen (secondary N) is 1. The molecule has 0 aromatic heterocycles. The van der Waals surface area contributed by atoms with Crippen LogP contribution in [0, 0.1) is 13.8 Å². The fourth-order valence-corrected chi connectivity index (χ4v) is 4.20. The smallest absolute Gasteiger partial charge is 0.308 e. The van der Waals surface area contributed by atoms with Gasteiger partial charge in [-0.25, -0.2) is 0 Å². The van der Waals surface area contributed by atoms with Gasteiger partial charge in [-0.15, -0.1) is 0 Å². The molecular weight excluding hydrogens is 318 g/mol. The Labute approximate surface area is 149 Å². The number of carbonyl (C=O) groups is 1. The predicted molar refractivity (Wildman–Crippen MR) is 97.3 cm³/mol. The number of rotatable bonds is 4. The highest BCUT2D eigenvalue weighted by Crippen LogP contribution is 2.45. The monoisotopic (exact) mass is 347 g/mol. The normalized spacial score (nSPS) is 24.5. The molecule has 0 bridgehead atoms. The lowest BCUT2D eigenvalue weighted by atomic mass is 9.89. The van der Waals surface area contributed by atoms with E-state index in [4.69, 9.17) is 9.47 Å². The van der Waals surface area contributed by atoms with Crippen LogP contribution in [0.25, 0.3) is 0 Å². The second-order valence-corrected chi connectivity index (χ2v) is 7.94. The minimum Gasteiger partial charge on any atom is -0.487 e. The van der Waals surface area contributed by atoms with Crippen LogP contribution in [0.3, 0.4) is 0 Å². The molecule has 2 unspecified atom stereocenters. The first kappa shape index (κ1) is 18.1. The van der Waals surface area contributed by atoms with Crippen LogP contribution in [-0.2, 0) is 22.4 Å². The Morgan fingerprint density at radius 2 is 2.00 bits per heavy atom. The standard InChI is InChI=1S/C20H29NO4/c1-11-15(7-6-14-8-13(22)9-17(23)24-14)19-16(10-20(3,4)25-19)12(2)18(11)21-5/h13-14,21-22H,6-10H2,1-5H3. The van der Waals surface area contributed by atoms with E-state index in [1.807, 2.05) is 7.05 Å². The van der Waals surface area contributed by atoms with Gasteiger partial charge >= 0.3 is 5.97 Å². The summed E-state index contributed by atoms with van der Waals surface area (Å²) in [7, 11) is 1.95. The Morgan fingerprint density at radius 1 is 1.28 bits per heavy atom. The van der Waals surface area contributed by atoms with Gasteiger partial charge in [0.15, 0.2) is 0 Å². The highest BCUT2D eigenvalue weighted by Gasteiger charge is 2.35. The van der Waals surface area contributed by atoms with Gasteiger partial charge in [0.2, 0.25) is 0 Å². The third-order valence-electron chi connectivity index (χ3n) is 5.39. The van der Waals surface area contributed by atoms with E-state index in [1.54, 1.807) is 0 Å². The zero-order chi connectivity index (χ0) is 18.4. The minimum atomic E-state index is -0.584. The van der Waals surface area contributed by atoms with E-state index in [9.17, 15) is 9.90 Å². The molecule has 1 aromatic rings. The number of ether oxygens (including phenoxy) is 2. The first-order chi connectivity index (χ1) is 11.7. The fourth-order valence-electron chi connectivity index (χ4n) is 4.20. The van der Waals surface area contributed by atoms with Crippen molar-refractivity contribution in [3.8, 4) is 5.75 Å². The fraction of sp³-hybridized carbons (Fsp3) is 0.650. The predicted octanol–water partition coefficient (Wildman–Crippen LogP) is 3.06. The molecule has 5 heteroatoms. The van der Waals surface area contributed by atoms with Crippen LogP contribution in [-0.4, -0.2) is 35.9 Å². The SMILES string of the molecule is CNc1c(C)c(CCC2CC(O)CC(=O)O2)c2c(c1C)CC(C)(C)O2. The van der Waals surface area contributed by atoms with E-state index in [1.165, 1.54) is 22.3 Å². The molecule has 0 saturated carbocycles. The average molecular weight is 347 g/mol. The number of aliphatic hydroxyl groups excluding tert-OH is 1. The first-order valence-corrected chi connectivity index (χ1v) is 9.11. The van der Waals surface area contributed by atoms with Crippen molar-refractivity contribution in [2.75, 3.05) is 12.4 Å². The Bertz CT molecular complexity index is 696. The molecule has 2 aliphatic heterocycles. The van der Waals surface area contributed by atoms with Crippen LogP contribution >= 0.6 is 0 Å². The van der Waals surface area contributed by atoms with Crippen molar-refractivity contribution in [2.45, 2.75) is 77.6 Å². The average Bonchev–Trinajstić information content (AvgIpc) is 2.82. The van der Waals surface area contributed by atoms with E-state index >= 15 is 0 Å². The van der Waals surface area contributed by atoms with Crippen molar-refractivity contribution in [1.29, 1.82) is 0 Å². The van der Waals surface area contributed by atoms with Gasteiger partial charge < -0.3 is 19.9 Å². The topological polar surface area (TPSA) is 67.8 Å².